The van der Waals surface area contributed by atoms with Crippen molar-refractivity contribution in [1.82, 2.24) is 15.0 Å². The standard InChI is InChI=1S/C22H26N6O/c23-19(14-4-3-5-14)20-17-11-12-24-21(17)27-22(26-20)25-15-7-9-16(10-8-15)28-13-2-1-6-18(28)29/h7-12,14,19H,1-6,13,23H2,(H2,24,25,26,27). The SMILES string of the molecule is NC(c1nc(Nc2ccc(N3CCCCC3=O)cc2)nc2[nH]ccc12)C1CCC1. The van der Waals surface area contributed by atoms with Crippen molar-refractivity contribution < 1.29 is 4.79 Å². The second-order valence-corrected chi connectivity index (χ2v) is 8.06. The summed E-state index contributed by atoms with van der Waals surface area (Å²) in [5, 5.41) is 4.29. The van der Waals surface area contributed by atoms with Crippen LogP contribution in [0.2, 0.25) is 0 Å². The van der Waals surface area contributed by atoms with Gasteiger partial charge in [0, 0.05) is 35.9 Å². The van der Waals surface area contributed by atoms with Crippen molar-refractivity contribution >= 4 is 34.3 Å². The van der Waals surface area contributed by atoms with Gasteiger partial charge in [0.15, 0.2) is 0 Å². The molecule has 1 atom stereocenters. The number of amides is 1. The average Bonchev–Trinajstić information content (AvgIpc) is 3.16. The lowest BCUT2D eigenvalue weighted by atomic mass is 9.78. The zero-order chi connectivity index (χ0) is 19.8. The summed E-state index contributed by atoms with van der Waals surface area (Å²) in [7, 11) is 0. The highest BCUT2D eigenvalue weighted by atomic mass is 16.2. The van der Waals surface area contributed by atoms with Crippen LogP contribution in [-0.4, -0.2) is 27.4 Å². The Bertz CT molecular complexity index is 1020. The maximum absolute atomic E-state index is 12.1. The highest BCUT2D eigenvalue weighted by Crippen LogP contribution is 2.37. The molecule has 2 fully saturated rings. The van der Waals surface area contributed by atoms with Crippen LogP contribution in [0.3, 0.4) is 0 Å². The third-order valence-corrected chi connectivity index (χ3v) is 6.18. The van der Waals surface area contributed by atoms with Crippen LogP contribution in [0.1, 0.15) is 50.3 Å². The van der Waals surface area contributed by atoms with Crippen LogP contribution in [0, 0.1) is 5.92 Å². The van der Waals surface area contributed by atoms with Crippen molar-refractivity contribution in [2.75, 3.05) is 16.8 Å². The monoisotopic (exact) mass is 390 g/mol. The van der Waals surface area contributed by atoms with E-state index in [1.807, 2.05) is 41.4 Å². The third-order valence-electron chi connectivity index (χ3n) is 6.18. The normalized spacial score (nSPS) is 18.7. The minimum absolute atomic E-state index is 0.0712. The molecule has 2 aromatic heterocycles. The first-order valence-corrected chi connectivity index (χ1v) is 10.5. The fourth-order valence-corrected chi connectivity index (χ4v) is 4.23. The van der Waals surface area contributed by atoms with E-state index < -0.39 is 0 Å². The zero-order valence-corrected chi connectivity index (χ0v) is 16.4. The van der Waals surface area contributed by atoms with Gasteiger partial charge in [0.1, 0.15) is 5.65 Å². The molecule has 1 saturated carbocycles. The van der Waals surface area contributed by atoms with Crippen LogP contribution < -0.4 is 16.0 Å². The molecule has 1 unspecified atom stereocenters. The van der Waals surface area contributed by atoms with E-state index in [1.54, 1.807) is 0 Å². The number of carbonyl (C=O) groups is 1. The average molecular weight is 390 g/mol. The summed E-state index contributed by atoms with van der Waals surface area (Å²) < 4.78 is 0. The van der Waals surface area contributed by atoms with Crippen LogP contribution in [0.25, 0.3) is 11.0 Å². The van der Waals surface area contributed by atoms with E-state index >= 15 is 0 Å². The molecule has 4 N–H and O–H groups in total. The molecular weight excluding hydrogens is 364 g/mol. The Morgan fingerprint density at radius 1 is 1.10 bits per heavy atom. The number of hydrogen-bond acceptors (Lipinski definition) is 5. The van der Waals surface area contributed by atoms with Crippen molar-refractivity contribution in [2.45, 2.75) is 44.6 Å². The number of aromatic amines is 1. The van der Waals surface area contributed by atoms with Gasteiger partial charge in [-0.2, -0.15) is 4.98 Å². The van der Waals surface area contributed by atoms with Gasteiger partial charge in [-0.1, -0.05) is 6.42 Å². The van der Waals surface area contributed by atoms with Gasteiger partial charge in [-0.05, 0) is 61.9 Å². The summed E-state index contributed by atoms with van der Waals surface area (Å²) in [5.41, 5.74) is 10.1. The fraction of sp³-hybridized carbons (Fsp3) is 0.409. The van der Waals surface area contributed by atoms with Gasteiger partial charge in [0.25, 0.3) is 0 Å². The second-order valence-electron chi connectivity index (χ2n) is 8.06. The largest absolute Gasteiger partial charge is 0.346 e. The quantitative estimate of drug-likeness (QED) is 0.611. The minimum atomic E-state index is -0.0712. The molecule has 1 aliphatic heterocycles. The van der Waals surface area contributed by atoms with Crippen LogP contribution >= 0.6 is 0 Å². The van der Waals surface area contributed by atoms with Gasteiger partial charge in [0.2, 0.25) is 11.9 Å². The molecule has 2 aliphatic rings. The van der Waals surface area contributed by atoms with Gasteiger partial charge in [-0.25, -0.2) is 4.98 Å². The smallest absolute Gasteiger partial charge is 0.229 e. The second kappa shape index (κ2) is 7.48. The molecule has 1 aromatic carbocycles. The Kier molecular flexibility index (Phi) is 4.67. The number of rotatable bonds is 5. The molecule has 0 spiro atoms. The lowest BCUT2D eigenvalue weighted by Crippen LogP contribution is -2.35. The molecule has 0 radical (unpaired) electrons. The molecule has 7 nitrogen and oxygen atoms in total. The van der Waals surface area contributed by atoms with Gasteiger partial charge in [-0.15, -0.1) is 0 Å². The Morgan fingerprint density at radius 3 is 2.66 bits per heavy atom. The maximum Gasteiger partial charge on any atom is 0.229 e. The molecule has 29 heavy (non-hydrogen) atoms. The summed E-state index contributed by atoms with van der Waals surface area (Å²) in [6, 6.07) is 9.80. The van der Waals surface area contributed by atoms with Crippen molar-refractivity contribution in [2.24, 2.45) is 11.7 Å². The van der Waals surface area contributed by atoms with E-state index in [0.29, 0.717) is 18.3 Å². The van der Waals surface area contributed by atoms with E-state index in [2.05, 4.69) is 15.3 Å². The summed E-state index contributed by atoms with van der Waals surface area (Å²) in [5.74, 6) is 1.23. The number of nitrogens with zero attached hydrogens (tertiary/aromatic N) is 3. The van der Waals surface area contributed by atoms with Gasteiger partial charge in [-0.3, -0.25) is 4.79 Å². The van der Waals surface area contributed by atoms with E-state index in [-0.39, 0.29) is 11.9 Å². The highest BCUT2D eigenvalue weighted by Gasteiger charge is 2.28. The number of piperidine rings is 1. The number of hydrogen-bond donors (Lipinski definition) is 3. The van der Waals surface area contributed by atoms with Gasteiger partial charge < -0.3 is 20.9 Å². The molecular formula is C22H26N6O. The predicted molar refractivity (Wildman–Crippen MR) is 114 cm³/mol. The zero-order valence-electron chi connectivity index (χ0n) is 16.4. The number of nitrogens with one attached hydrogen (secondary N) is 2. The number of fused-ring (bicyclic) bond motifs is 1. The molecule has 5 rings (SSSR count). The van der Waals surface area contributed by atoms with E-state index in [9.17, 15) is 4.79 Å². The summed E-state index contributed by atoms with van der Waals surface area (Å²) in [4.78, 5) is 26.5. The molecule has 7 heteroatoms. The first kappa shape index (κ1) is 18.1. The molecule has 1 amide bonds. The molecule has 150 valence electrons. The molecule has 0 bridgehead atoms. The first-order valence-electron chi connectivity index (χ1n) is 10.5. The van der Waals surface area contributed by atoms with Crippen molar-refractivity contribution in [1.29, 1.82) is 0 Å². The summed E-state index contributed by atoms with van der Waals surface area (Å²) >= 11 is 0. The van der Waals surface area contributed by atoms with Crippen molar-refractivity contribution in [3.63, 3.8) is 0 Å². The number of H-pyrrole nitrogens is 1. The number of anilines is 3. The van der Waals surface area contributed by atoms with Crippen LogP contribution in [0.15, 0.2) is 36.5 Å². The molecule has 3 aromatic rings. The predicted octanol–water partition coefficient (Wildman–Crippen LogP) is 4.02. The third kappa shape index (κ3) is 3.46. The van der Waals surface area contributed by atoms with Crippen LogP contribution in [0.4, 0.5) is 17.3 Å². The summed E-state index contributed by atoms with van der Waals surface area (Å²) in [6.45, 7) is 0.792. The molecule has 3 heterocycles. The van der Waals surface area contributed by atoms with E-state index in [1.165, 1.54) is 6.42 Å². The number of carbonyl (C=O) groups excluding carboxylic acids is 1. The Balaban J connectivity index is 1.39. The number of nitrogens with two attached hydrogens (primary N) is 1. The van der Waals surface area contributed by atoms with E-state index in [0.717, 1.165) is 60.3 Å². The fourth-order valence-electron chi connectivity index (χ4n) is 4.23. The maximum atomic E-state index is 12.1. The van der Waals surface area contributed by atoms with Gasteiger partial charge in [0.05, 0.1) is 11.7 Å². The molecule has 1 saturated heterocycles. The van der Waals surface area contributed by atoms with Crippen molar-refractivity contribution in [3.8, 4) is 0 Å². The van der Waals surface area contributed by atoms with E-state index in [4.69, 9.17) is 10.7 Å². The van der Waals surface area contributed by atoms with Crippen molar-refractivity contribution in [3.05, 3.63) is 42.2 Å². The van der Waals surface area contributed by atoms with Crippen LogP contribution in [0.5, 0.6) is 0 Å². The number of aromatic nitrogens is 3. The Morgan fingerprint density at radius 2 is 1.93 bits per heavy atom. The lowest BCUT2D eigenvalue weighted by molar-refractivity contribution is -0.119. The number of benzene rings is 1. The van der Waals surface area contributed by atoms with Crippen LogP contribution in [-0.2, 0) is 4.79 Å². The lowest BCUT2D eigenvalue weighted by Gasteiger charge is -2.31. The molecule has 1 aliphatic carbocycles. The highest BCUT2D eigenvalue weighted by molar-refractivity contribution is 5.94. The Labute approximate surface area is 169 Å². The minimum Gasteiger partial charge on any atom is -0.346 e. The topological polar surface area (TPSA) is 99.9 Å². The first-order chi connectivity index (χ1) is 14.2. The van der Waals surface area contributed by atoms with Gasteiger partial charge >= 0.3 is 0 Å². The Hall–Kier alpha value is -2.93. The summed E-state index contributed by atoms with van der Waals surface area (Å²) in [6.07, 6.45) is 8.13.